The number of furan rings is 1. The van der Waals surface area contributed by atoms with Crippen molar-refractivity contribution in [1.82, 2.24) is 10.3 Å². The molecule has 6 nitrogen and oxygen atoms in total. The van der Waals surface area contributed by atoms with Crippen LogP contribution in [0.4, 0.5) is 11.5 Å². The highest BCUT2D eigenvalue weighted by atomic mass is 16.4. The molecule has 2 N–H and O–H groups in total. The van der Waals surface area contributed by atoms with Gasteiger partial charge in [-0.25, -0.2) is 4.98 Å². The standard InChI is InChI=1S/C23H28N4O2/c1-18-5-2-3-7-22(18)26-11-13-27(14-12-26)23-19(6-4-10-25-23)15-24-16-20-8-9-21(17-28)29-20/h2-10,24,28H,11-17H2,1H3. The van der Waals surface area contributed by atoms with Crippen LogP contribution >= 0.6 is 0 Å². The van der Waals surface area contributed by atoms with E-state index >= 15 is 0 Å². The number of nitrogens with one attached hydrogen (secondary N) is 1. The molecule has 0 unspecified atom stereocenters. The van der Waals surface area contributed by atoms with E-state index in [1.807, 2.05) is 18.3 Å². The summed E-state index contributed by atoms with van der Waals surface area (Å²) in [5.74, 6) is 2.47. The average Bonchev–Trinajstić information content (AvgIpc) is 3.23. The zero-order valence-corrected chi connectivity index (χ0v) is 16.8. The Morgan fingerprint density at radius 1 is 0.931 bits per heavy atom. The molecular weight excluding hydrogens is 364 g/mol. The summed E-state index contributed by atoms with van der Waals surface area (Å²) in [6.45, 7) is 7.34. The summed E-state index contributed by atoms with van der Waals surface area (Å²) in [6.07, 6.45) is 1.87. The summed E-state index contributed by atoms with van der Waals surface area (Å²) in [7, 11) is 0. The average molecular weight is 393 g/mol. The molecule has 0 saturated carbocycles. The van der Waals surface area contributed by atoms with E-state index in [2.05, 4.69) is 57.4 Å². The van der Waals surface area contributed by atoms with E-state index < -0.39 is 0 Å². The van der Waals surface area contributed by atoms with Crippen molar-refractivity contribution in [3.63, 3.8) is 0 Å². The van der Waals surface area contributed by atoms with Crippen molar-refractivity contribution in [2.45, 2.75) is 26.6 Å². The van der Waals surface area contributed by atoms with Gasteiger partial charge in [0.15, 0.2) is 0 Å². The fourth-order valence-corrected chi connectivity index (χ4v) is 3.85. The second-order valence-electron chi connectivity index (χ2n) is 7.38. The van der Waals surface area contributed by atoms with Gasteiger partial charge in [0.05, 0.1) is 6.54 Å². The minimum absolute atomic E-state index is 0.0682. The predicted molar refractivity (Wildman–Crippen MR) is 115 cm³/mol. The number of hydrogen-bond donors (Lipinski definition) is 2. The first-order valence-electron chi connectivity index (χ1n) is 10.1. The van der Waals surface area contributed by atoms with Gasteiger partial charge in [-0.05, 0) is 36.8 Å². The molecule has 0 aliphatic carbocycles. The molecule has 1 aliphatic rings. The number of hydrogen-bond acceptors (Lipinski definition) is 6. The first kappa shape index (κ1) is 19.5. The smallest absolute Gasteiger partial charge is 0.133 e. The monoisotopic (exact) mass is 392 g/mol. The summed E-state index contributed by atoms with van der Waals surface area (Å²) >= 11 is 0. The summed E-state index contributed by atoms with van der Waals surface area (Å²) in [5, 5.41) is 12.5. The first-order chi connectivity index (χ1) is 14.2. The Morgan fingerprint density at radius 2 is 1.69 bits per heavy atom. The molecule has 1 aromatic carbocycles. The Labute approximate surface area is 171 Å². The van der Waals surface area contributed by atoms with Crippen molar-refractivity contribution >= 4 is 11.5 Å². The quantitative estimate of drug-likeness (QED) is 0.644. The van der Waals surface area contributed by atoms with E-state index in [1.54, 1.807) is 6.07 Å². The molecule has 3 aromatic rings. The second kappa shape index (κ2) is 9.11. The van der Waals surface area contributed by atoms with Crippen molar-refractivity contribution in [2.75, 3.05) is 36.0 Å². The first-order valence-corrected chi connectivity index (χ1v) is 10.1. The number of anilines is 2. The third-order valence-corrected chi connectivity index (χ3v) is 5.39. The van der Waals surface area contributed by atoms with E-state index in [1.165, 1.54) is 16.8 Å². The maximum atomic E-state index is 9.11. The predicted octanol–water partition coefficient (Wildman–Crippen LogP) is 3.09. The van der Waals surface area contributed by atoms with E-state index in [4.69, 9.17) is 9.52 Å². The van der Waals surface area contributed by atoms with Crippen LogP contribution in [0, 0.1) is 6.92 Å². The van der Waals surface area contributed by atoms with Gasteiger partial charge < -0.3 is 24.6 Å². The van der Waals surface area contributed by atoms with Gasteiger partial charge in [-0.2, -0.15) is 0 Å². The van der Waals surface area contributed by atoms with Gasteiger partial charge in [-0.15, -0.1) is 0 Å². The van der Waals surface area contributed by atoms with Gasteiger partial charge in [0.1, 0.15) is 23.9 Å². The molecule has 29 heavy (non-hydrogen) atoms. The van der Waals surface area contributed by atoms with Gasteiger partial charge in [-0.3, -0.25) is 0 Å². The molecule has 4 rings (SSSR count). The summed E-state index contributed by atoms with van der Waals surface area (Å²) in [4.78, 5) is 9.51. The molecule has 6 heteroatoms. The van der Waals surface area contributed by atoms with Crippen molar-refractivity contribution < 1.29 is 9.52 Å². The number of piperazine rings is 1. The number of pyridine rings is 1. The fourth-order valence-electron chi connectivity index (χ4n) is 3.85. The molecule has 0 spiro atoms. The van der Waals surface area contributed by atoms with Gasteiger partial charge in [0.25, 0.3) is 0 Å². The minimum atomic E-state index is -0.0682. The molecule has 0 bridgehead atoms. The fraction of sp³-hybridized carbons (Fsp3) is 0.348. The molecule has 1 aliphatic heterocycles. The lowest BCUT2D eigenvalue weighted by atomic mass is 10.1. The van der Waals surface area contributed by atoms with Crippen molar-refractivity contribution in [1.29, 1.82) is 0 Å². The van der Waals surface area contributed by atoms with Crippen LogP contribution in [0.25, 0.3) is 0 Å². The zero-order chi connectivity index (χ0) is 20.1. The van der Waals surface area contributed by atoms with Crippen molar-refractivity contribution in [3.05, 3.63) is 77.4 Å². The van der Waals surface area contributed by atoms with Crippen LogP contribution < -0.4 is 15.1 Å². The van der Waals surface area contributed by atoms with E-state index in [9.17, 15) is 0 Å². The molecule has 2 aromatic heterocycles. The summed E-state index contributed by atoms with van der Waals surface area (Å²) < 4.78 is 5.54. The summed E-state index contributed by atoms with van der Waals surface area (Å²) in [6, 6.07) is 16.4. The molecule has 3 heterocycles. The highest BCUT2D eigenvalue weighted by Gasteiger charge is 2.21. The topological polar surface area (TPSA) is 64.8 Å². The molecule has 1 saturated heterocycles. The normalized spacial score (nSPS) is 14.4. The molecule has 1 fully saturated rings. The maximum absolute atomic E-state index is 9.11. The number of para-hydroxylation sites is 1. The Bertz CT molecular complexity index is 932. The Kier molecular flexibility index (Phi) is 6.12. The van der Waals surface area contributed by atoms with Crippen LogP contribution in [-0.2, 0) is 19.7 Å². The highest BCUT2D eigenvalue weighted by Crippen LogP contribution is 2.24. The molecule has 152 valence electrons. The van der Waals surface area contributed by atoms with Gasteiger partial charge in [0.2, 0.25) is 0 Å². The van der Waals surface area contributed by atoms with Gasteiger partial charge in [-0.1, -0.05) is 24.3 Å². The SMILES string of the molecule is Cc1ccccc1N1CCN(c2ncccc2CNCc2ccc(CO)o2)CC1. The largest absolute Gasteiger partial charge is 0.462 e. The third-order valence-electron chi connectivity index (χ3n) is 5.39. The molecular formula is C23H28N4O2. The van der Waals surface area contributed by atoms with Gasteiger partial charge >= 0.3 is 0 Å². The number of benzene rings is 1. The van der Waals surface area contributed by atoms with Crippen LogP contribution in [0.1, 0.15) is 22.6 Å². The summed E-state index contributed by atoms with van der Waals surface area (Å²) in [5.41, 5.74) is 3.84. The number of aromatic nitrogens is 1. The minimum Gasteiger partial charge on any atom is -0.462 e. The van der Waals surface area contributed by atoms with E-state index in [-0.39, 0.29) is 6.61 Å². The van der Waals surface area contributed by atoms with Crippen molar-refractivity contribution in [2.24, 2.45) is 0 Å². The number of nitrogens with zero attached hydrogens (tertiary/aromatic N) is 3. The molecule has 0 radical (unpaired) electrons. The Hall–Kier alpha value is -2.83. The van der Waals surface area contributed by atoms with E-state index in [0.29, 0.717) is 12.3 Å². The van der Waals surface area contributed by atoms with Crippen LogP contribution in [0.15, 0.2) is 59.1 Å². The van der Waals surface area contributed by atoms with Crippen LogP contribution in [-0.4, -0.2) is 36.3 Å². The third kappa shape index (κ3) is 4.60. The highest BCUT2D eigenvalue weighted by molar-refractivity contribution is 5.55. The van der Waals surface area contributed by atoms with Crippen LogP contribution in [0.5, 0.6) is 0 Å². The second-order valence-corrected chi connectivity index (χ2v) is 7.38. The maximum Gasteiger partial charge on any atom is 0.133 e. The number of aliphatic hydroxyl groups is 1. The Balaban J connectivity index is 1.36. The molecule has 0 amide bonds. The lowest BCUT2D eigenvalue weighted by molar-refractivity contribution is 0.242. The zero-order valence-electron chi connectivity index (χ0n) is 16.8. The number of aryl methyl sites for hydroxylation is 1. The van der Waals surface area contributed by atoms with Crippen LogP contribution in [0.3, 0.4) is 0 Å². The van der Waals surface area contributed by atoms with Crippen molar-refractivity contribution in [3.8, 4) is 0 Å². The lowest BCUT2D eigenvalue weighted by Crippen LogP contribution is -2.47. The molecule has 0 atom stereocenters. The number of aliphatic hydroxyl groups excluding tert-OH is 1. The van der Waals surface area contributed by atoms with Crippen LogP contribution in [0.2, 0.25) is 0 Å². The number of rotatable bonds is 7. The Morgan fingerprint density at radius 3 is 2.45 bits per heavy atom. The van der Waals surface area contributed by atoms with Gasteiger partial charge in [0, 0.05) is 50.2 Å². The van der Waals surface area contributed by atoms with E-state index in [0.717, 1.165) is 44.3 Å². The lowest BCUT2D eigenvalue weighted by Gasteiger charge is -2.38.